The highest BCUT2D eigenvalue weighted by Crippen LogP contribution is 2.08. The maximum atomic E-state index is 12.8. The fraction of sp³-hybridized carbons (Fsp3) is 0.400. The van der Waals surface area contributed by atoms with Crippen molar-refractivity contribution in [1.82, 2.24) is 9.88 Å². The monoisotopic (exact) mass is 258 g/mol. The number of rotatable bonds is 1. The highest BCUT2D eigenvalue weighted by Gasteiger charge is 2.26. The van der Waals surface area contributed by atoms with Crippen molar-refractivity contribution in [1.29, 1.82) is 0 Å². The molecule has 5 nitrogen and oxygen atoms in total. The van der Waals surface area contributed by atoms with Crippen LogP contribution in [0.25, 0.3) is 0 Å². The van der Waals surface area contributed by atoms with Gasteiger partial charge in [-0.05, 0) is 12.1 Å². The molecule has 1 saturated heterocycles. The number of nitrogens with zero attached hydrogens (tertiary/aromatic N) is 2. The lowest BCUT2D eigenvalue weighted by atomic mass is 10.3. The summed E-state index contributed by atoms with van der Waals surface area (Å²) in [5.41, 5.74) is 0.00398. The molecule has 2 heterocycles. The lowest BCUT2D eigenvalue weighted by Gasteiger charge is -2.26. The molecule has 1 fully saturated rings. The van der Waals surface area contributed by atoms with E-state index in [9.17, 15) is 17.6 Å². The number of sulfone groups is 1. The summed E-state index contributed by atoms with van der Waals surface area (Å²) < 4.78 is 35.2. The minimum absolute atomic E-state index is 0.00398. The second-order valence-corrected chi connectivity index (χ2v) is 6.09. The molecule has 0 N–H and O–H groups in total. The maximum Gasteiger partial charge on any atom is 0.272 e. The summed E-state index contributed by atoms with van der Waals surface area (Å²) in [7, 11) is -3.03. The van der Waals surface area contributed by atoms with Crippen molar-refractivity contribution in [2.45, 2.75) is 0 Å². The summed E-state index contributed by atoms with van der Waals surface area (Å²) in [4.78, 5) is 16.7. The highest BCUT2D eigenvalue weighted by molar-refractivity contribution is 7.91. The zero-order chi connectivity index (χ0) is 12.5. The Morgan fingerprint density at radius 3 is 2.53 bits per heavy atom. The summed E-state index contributed by atoms with van der Waals surface area (Å²) in [6.07, 6.45) is 0. The Balaban J connectivity index is 2.12. The minimum atomic E-state index is -3.03. The van der Waals surface area contributed by atoms with Crippen LogP contribution >= 0.6 is 0 Å². The van der Waals surface area contributed by atoms with Crippen LogP contribution in [0.1, 0.15) is 10.5 Å². The van der Waals surface area contributed by atoms with Gasteiger partial charge < -0.3 is 4.90 Å². The molecule has 92 valence electrons. The first kappa shape index (κ1) is 12.0. The van der Waals surface area contributed by atoms with Crippen molar-refractivity contribution in [3.63, 3.8) is 0 Å². The fourth-order valence-corrected chi connectivity index (χ4v) is 2.81. The molecular weight excluding hydrogens is 247 g/mol. The van der Waals surface area contributed by atoms with Crippen LogP contribution in [-0.2, 0) is 9.84 Å². The fourth-order valence-electron chi connectivity index (χ4n) is 1.60. The number of halogens is 1. The molecule has 0 atom stereocenters. The quantitative estimate of drug-likeness (QED) is 0.670. The molecule has 0 aromatic carbocycles. The van der Waals surface area contributed by atoms with Gasteiger partial charge in [-0.15, -0.1) is 0 Å². The van der Waals surface area contributed by atoms with Crippen LogP contribution in [0.15, 0.2) is 18.2 Å². The average Bonchev–Trinajstić information content (AvgIpc) is 2.28. The van der Waals surface area contributed by atoms with E-state index in [1.54, 1.807) is 0 Å². The Morgan fingerprint density at radius 1 is 1.29 bits per heavy atom. The molecule has 0 saturated carbocycles. The predicted molar refractivity (Wildman–Crippen MR) is 58.8 cm³/mol. The lowest BCUT2D eigenvalue weighted by molar-refractivity contribution is 0.0763. The summed E-state index contributed by atoms with van der Waals surface area (Å²) >= 11 is 0. The van der Waals surface area contributed by atoms with Crippen LogP contribution in [0.4, 0.5) is 4.39 Å². The number of pyridine rings is 1. The van der Waals surface area contributed by atoms with E-state index >= 15 is 0 Å². The Kier molecular flexibility index (Phi) is 3.10. The summed E-state index contributed by atoms with van der Waals surface area (Å²) in [5.74, 6) is -1.25. The van der Waals surface area contributed by atoms with Gasteiger partial charge in [-0.3, -0.25) is 4.79 Å². The van der Waals surface area contributed by atoms with E-state index in [2.05, 4.69) is 4.98 Å². The molecule has 1 aliphatic rings. The van der Waals surface area contributed by atoms with Gasteiger partial charge in [0.2, 0.25) is 5.95 Å². The molecule has 1 aromatic heterocycles. The number of hydrogen-bond acceptors (Lipinski definition) is 4. The average molecular weight is 258 g/mol. The molecule has 0 bridgehead atoms. The van der Waals surface area contributed by atoms with Crippen molar-refractivity contribution in [2.75, 3.05) is 24.6 Å². The molecule has 7 heteroatoms. The van der Waals surface area contributed by atoms with E-state index in [1.165, 1.54) is 17.0 Å². The topological polar surface area (TPSA) is 67.3 Å². The minimum Gasteiger partial charge on any atom is -0.335 e. The first-order valence-corrected chi connectivity index (χ1v) is 6.92. The van der Waals surface area contributed by atoms with Gasteiger partial charge in [0.1, 0.15) is 5.69 Å². The van der Waals surface area contributed by atoms with Crippen LogP contribution in [0, 0.1) is 5.95 Å². The maximum absolute atomic E-state index is 12.8. The molecule has 0 unspecified atom stereocenters. The van der Waals surface area contributed by atoms with Crippen LogP contribution in [0.2, 0.25) is 0 Å². The van der Waals surface area contributed by atoms with Crippen LogP contribution in [0.3, 0.4) is 0 Å². The second kappa shape index (κ2) is 4.40. The third-order valence-corrected chi connectivity index (χ3v) is 4.18. The molecule has 2 rings (SSSR count). The van der Waals surface area contributed by atoms with Crippen LogP contribution in [-0.4, -0.2) is 48.8 Å². The van der Waals surface area contributed by atoms with Gasteiger partial charge in [0.25, 0.3) is 5.91 Å². The third-order valence-electron chi connectivity index (χ3n) is 2.57. The van der Waals surface area contributed by atoms with Gasteiger partial charge in [0, 0.05) is 13.1 Å². The molecular formula is C10H11FN2O3S. The van der Waals surface area contributed by atoms with E-state index in [4.69, 9.17) is 0 Å². The van der Waals surface area contributed by atoms with E-state index in [0.29, 0.717) is 0 Å². The second-order valence-electron chi connectivity index (χ2n) is 3.79. The number of hydrogen-bond donors (Lipinski definition) is 0. The van der Waals surface area contributed by atoms with Gasteiger partial charge in [-0.2, -0.15) is 4.39 Å². The van der Waals surface area contributed by atoms with Gasteiger partial charge >= 0.3 is 0 Å². The molecule has 0 radical (unpaired) electrons. The Morgan fingerprint density at radius 2 is 1.94 bits per heavy atom. The lowest BCUT2D eigenvalue weighted by Crippen LogP contribution is -2.44. The number of aromatic nitrogens is 1. The summed E-state index contributed by atoms with van der Waals surface area (Å²) in [6.45, 7) is 0.277. The van der Waals surface area contributed by atoms with Gasteiger partial charge in [-0.25, -0.2) is 13.4 Å². The summed E-state index contributed by atoms with van der Waals surface area (Å²) in [6, 6.07) is 3.96. The number of carbonyl (C=O) groups excluding carboxylic acids is 1. The smallest absolute Gasteiger partial charge is 0.272 e. The number of carbonyl (C=O) groups is 1. The van der Waals surface area contributed by atoms with Crippen molar-refractivity contribution in [2.24, 2.45) is 0 Å². The SMILES string of the molecule is O=C(c1cccc(F)n1)N1CCS(=O)(=O)CC1. The van der Waals surface area contributed by atoms with E-state index in [1.807, 2.05) is 0 Å². The zero-order valence-electron chi connectivity index (χ0n) is 8.97. The standard InChI is InChI=1S/C10H11FN2O3S/c11-9-3-1-2-8(12-9)10(14)13-4-6-17(15,16)7-5-13/h1-3H,4-7H2. The molecule has 0 spiro atoms. The molecule has 0 aliphatic carbocycles. The molecule has 1 aliphatic heterocycles. The van der Waals surface area contributed by atoms with Crippen molar-refractivity contribution < 1.29 is 17.6 Å². The summed E-state index contributed by atoms with van der Waals surface area (Å²) in [5, 5.41) is 0. The first-order valence-electron chi connectivity index (χ1n) is 5.10. The Bertz CT molecular complexity index is 530. The molecule has 1 amide bonds. The Labute approximate surface area is 98.2 Å². The largest absolute Gasteiger partial charge is 0.335 e. The Hall–Kier alpha value is -1.50. The normalized spacial score (nSPS) is 19.0. The predicted octanol–water partition coefficient (Wildman–Crippen LogP) is 0.0913. The van der Waals surface area contributed by atoms with Crippen molar-refractivity contribution in [3.8, 4) is 0 Å². The van der Waals surface area contributed by atoms with Crippen LogP contribution in [0.5, 0.6) is 0 Å². The van der Waals surface area contributed by atoms with Crippen LogP contribution < -0.4 is 0 Å². The van der Waals surface area contributed by atoms with Crippen molar-refractivity contribution >= 4 is 15.7 Å². The van der Waals surface area contributed by atoms with Gasteiger partial charge in [-0.1, -0.05) is 6.07 Å². The highest BCUT2D eigenvalue weighted by atomic mass is 32.2. The van der Waals surface area contributed by atoms with Gasteiger partial charge in [0.15, 0.2) is 9.84 Å². The van der Waals surface area contributed by atoms with E-state index in [0.717, 1.165) is 6.07 Å². The zero-order valence-corrected chi connectivity index (χ0v) is 9.78. The number of amides is 1. The van der Waals surface area contributed by atoms with Crippen molar-refractivity contribution in [3.05, 3.63) is 29.8 Å². The molecule has 17 heavy (non-hydrogen) atoms. The first-order chi connectivity index (χ1) is 7.98. The third kappa shape index (κ3) is 2.79. The van der Waals surface area contributed by atoms with E-state index < -0.39 is 21.7 Å². The van der Waals surface area contributed by atoms with E-state index in [-0.39, 0.29) is 30.3 Å². The van der Waals surface area contributed by atoms with Gasteiger partial charge in [0.05, 0.1) is 11.5 Å². The molecule has 1 aromatic rings.